The van der Waals surface area contributed by atoms with Crippen LogP contribution in [-0.2, 0) is 8.82 Å². The number of methoxy groups -OCH3 is 1. The highest BCUT2D eigenvalue weighted by molar-refractivity contribution is 8.18. The van der Waals surface area contributed by atoms with Gasteiger partial charge in [-0.25, -0.2) is 0 Å². The van der Waals surface area contributed by atoms with Crippen molar-refractivity contribution in [1.29, 1.82) is 0 Å². The first-order valence-electron chi connectivity index (χ1n) is 8.56. The summed E-state index contributed by atoms with van der Waals surface area (Å²) in [5, 5.41) is 10.0. The summed E-state index contributed by atoms with van der Waals surface area (Å²) in [5.41, 5.74) is 1.19. The van der Waals surface area contributed by atoms with E-state index in [9.17, 15) is 5.11 Å². The molecule has 0 aliphatic carbocycles. The Hall–Kier alpha value is -0.560. The second kappa shape index (κ2) is 8.21. The normalized spacial score (nSPS) is 24.5. The number of thioether (sulfide) groups is 2. The molecule has 2 aliphatic rings. The van der Waals surface area contributed by atoms with E-state index in [1.54, 1.807) is 7.11 Å². The van der Waals surface area contributed by atoms with Gasteiger partial charge in [-0.15, -0.1) is 23.5 Å². The van der Waals surface area contributed by atoms with Crippen LogP contribution in [0.1, 0.15) is 38.2 Å². The predicted molar refractivity (Wildman–Crippen MR) is 100 cm³/mol. The van der Waals surface area contributed by atoms with Crippen LogP contribution < -0.4 is 9.47 Å². The summed E-state index contributed by atoms with van der Waals surface area (Å²) in [6.45, 7) is 2.62. The lowest BCUT2D eigenvalue weighted by molar-refractivity contribution is -0.0403. The summed E-state index contributed by atoms with van der Waals surface area (Å²) < 4.78 is 17.0. The van der Waals surface area contributed by atoms with Crippen molar-refractivity contribution >= 4 is 23.5 Å². The van der Waals surface area contributed by atoms with Gasteiger partial charge in [0.2, 0.25) is 0 Å². The fraction of sp³-hybridized carbons (Fsp3) is 0.667. The Balaban J connectivity index is 1.90. The molecule has 2 atom stereocenters. The molecule has 24 heavy (non-hydrogen) atoms. The summed E-state index contributed by atoms with van der Waals surface area (Å²) in [5.74, 6) is 3.70. The van der Waals surface area contributed by atoms with Crippen LogP contribution in [0.2, 0.25) is 0 Å². The molecule has 2 heterocycles. The van der Waals surface area contributed by atoms with E-state index < -0.39 is 0 Å². The molecule has 0 aromatic heterocycles. The number of rotatable bonds is 6. The molecule has 134 valence electrons. The Bertz CT molecular complexity index is 538. The minimum absolute atomic E-state index is 0.118. The molecule has 2 unspecified atom stereocenters. The third-order valence-corrected chi connectivity index (χ3v) is 7.70. The summed E-state index contributed by atoms with van der Waals surface area (Å²) in [6, 6.07) is 6.16. The molecule has 0 radical (unpaired) electrons. The van der Waals surface area contributed by atoms with Gasteiger partial charge in [-0.3, -0.25) is 0 Å². The topological polar surface area (TPSA) is 47.9 Å². The Morgan fingerprint density at radius 2 is 2.08 bits per heavy atom. The largest absolute Gasteiger partial charge is 0.493 e. The van der Waals surface area contributed by atoms with Gasteiger partial charge < -0.3 is 19.3 Å². The van der Waals surface area contributed by atoms with Crippen molar-refractivity contribution in [2.24, 2.45) is 0 Å². The first kappa shape index (κ1) is 18.2. The maximum absolute atomic E-state index is 10.0. The number of aliphatic hydroxyl groups is 1. The Labute approximate surface area is 152 Å². The predicted octanol–water partition coefficient (Wildman–Crippen LogP) is 4.00. The van der Waals surface area contributed by atoms with Gasteiger partial charge in [0, 0.05) is 12.8 Å². The van der Waals surface area contributed by atoms with E-state index in [0.717, 1.165) is 48.9 Å². The second-order valence-electron chi connectivity index (χ2n) is 6.28. The minimum atomic E-state index is -0.340. The lowest BCUT2D eigenvalue weighted by Crippen LogP contribution is -2.27. The van der Waals surface area contributed by atoms with E-state index >= 15 is 0 Å². The van der Waals surface area contributed by atoms with Crippen molar-refractivity contribution in [2.45, 2.75) is 49.1 Å². The number of benzene rings is 1. The van der Waals surface area contributed by atoms with E-state index in [1.165, 1.54) is 12.0 Å². The van der Waals surface area contributed by atoms with E-state index in [-0.39, 0.29) is 16.5 Å². The molecule has 6 heteroatoms. The fourth-order valence-electron chi connectivity index (χ4n) is 3.15. The fourth-order valence-corrected chi connectivity index (χ4v) is 6.71. The van der Waals surface area contributed by atoms with Crippen LogP contribution >= 0.6 is 23.5 Å². The molecule has 0 bridgehead atoms. The molecular weight excluding hydrogens is 344 g/mol. The molecule has 1 N–H and O–H groups in total. The SMILES string of the molecule is COc1ccc(C2(CC(C)O)SCCCS2)cc1OC1CCCO1. The molecule has 2 saturated heterocycles. The average molecular weight is 371 g/mol. The highest BCUT2D eigenvalue weighted by Gasteiger charge is 2.37. The Morgan fingerprint density at radius 1 is 1.29 bits per heavy atom. The van der Waals surface area contributed by atoms with Gasteiger partial charge in [-0.1, -0.05) is 6.07 Å². The van der Waals surface area contributed by atoms with Gasteiger partial charge in [0.15, 0.2) is 17.8 Å². The lowest BCUT2D eigenvalue weighted by Gasteiger charge is -2.38. The maximum atomic E-state index is 10.0. The van der Waals surface area contributed by atoms with E-state index in [0.29, 0.717) is 0 Å². The van der Waals surface area contributed by atoms with Gasteiger partial charge in [-0.05, 0) is 49.0 Å². The van der Waals surface area contributed by atoms with Gasteiger partial charge in [-0.2, -0.15) is 0 Å². The molecule has 3 rings (SSSR count). The number of aliphatic hydroxyl groups excluding tert-OH is 1. The zero-order valence-corrected chi connectivity index (χ0v) is 16.0. The molecule has 0 amide bonds. The third kappa shape index (κ3) is 4.15. The van der Waals surface area contributed by atoms with Crippen molar-refractivity contribution in [2.75, 3.05) is 25.2 Å². The monoisotopic (exact) mass is 370 g/mol. The molecule has 4 nitrogen and oxygen atoms in total. The molecule has 2 fully saturated rings. The quantitative estimate of drug-likeness (QED) is 0.817. The van der Waals surface area contributed by atoms with Crippen LogP contribution in [-0.4, -0.2) is 42.7 Å². The van der Waals surface area contributed by atoms with E-state index in [2.05, 4.69) is 12.1 Å². The van der Waals surface area contributed by atoms with E-state index in [1.807, 2.05) is 36.5 Å². The summed E-state index contributed by atoms with van der Waals surface area (Å²) in [4.78, 5) is 0. The molecular formula is C18H26O4S2. The highest BCUT2D eigenvalue weighted by atomic mass is 32.2. The molecule has 2 aliphatic heterocycles. The number of hydrogen-bond donors (Lipinski definition) is 1. The number of ether oxygens (including phenoxy) is 3. The minimum Gasteiger partial charge on any atom is -0.493 e. The third-order valence-electron chi connectivity index (χ3n) is 4.27. The summed E-state index contributed by atoms with van der Waals surface area (Å²) >= 11 is 3.86. The van der Waals surface area contributed by atoms with Crippen molar-refractivity contribution in [3.05, 3.63) is 23.8 Å². The Kier molecular flexibility index (Phi) is 6.24. The zero-order chi connectivity index (χ0) is 17.0. The summed E-state index contributed by atoms with van der Waals surface area (Å²) in [6.07, 6.45) is 3.36. The smallest absolute Gasteiger partial charge is 0.200 e. The van der Waals surface area contributed by atoms with Gasteiger partial charge in [0.1, 0.15) is 0 Å². The standard InChI is InChI=1S/C18H26O4S2/c1-13(19)12-18(23-9-4-10-24-18)14-6-7-15(20-2)16(11-14)22-17-5-3-8-21-17/h6-7,11,13,17,19H,3-5,8-10,12H2,1-2H3. The first-order valence-corrected chi connectivity index (χ1v) is 10.5. The van der Waals surface area contributed by atoms with Crippen molar-refractivity contribution in [3.8, 4) is 11.5 Å². The average Bonchev–Trinajstić information content (AvgIpc) is 3.08. The van der Waals surface area contributed by atoms with Crippen LogP contribution in [0, 0.1) is 0 Å². The lowest BCUT2D eigenvalue weighted by atomic mass is 10.1. The van der Waals surface area contributed by atoms with Crippen LogP contribution in [0.4, 0.5) is 0 Å². The summed E-state index contributed by atoms with van der Waals surface area (Å²) in [7, 11) is 1.66. The maximum Gasteiger partial charge on any atom is 0.200 e. The highest BCUT2D eigenvalue weighted by Crippen LogP contribution is 2.54. The molecule has 0 saturated carbocycles. The number of hydrogen-bond acceptors (Lipinski definition) is 6. The van der Waals surface area contributed by atoms with Gasteiger partial charge in [0.25, 0.3) is 0 Å². The van der Waals surface area contributed by atoms with E-state index in [4.69, 9.17) is 14.2 Å². The molecule has 1 aromatic carbocycles. The van der Waals surface area contributed by atoms with Crippen molar-refractivity contribution in [3.63, 3.8) is 0 Å². The second-order valence-corrected chi connectivity index (χ2v) is 9.33. The molecule has 1 aromatic rings. The van der Waals surface area contributed by atoms with Crippen LogP contribution in [0.15, 0.2) is 18.2 Å². The van der Waals surface area contributed by atoms with Crippen LogP contribution in [0.5, 0.6) is 11.5 Å². The van der Waals surface area contributed by atoms with Crippen LogP contribution in [0.3, 0.4) is 0 Å². The first-order chi connectivity index (χ1) is 11.6. The van der Waals surface area contributed by atoms with Crippen LogP contribution in [0.25, 0.3) is 0 Å². The van der Waals surface area contributed by atoms with Crippen molar-refractivity contribution < 1.29 is 19.3 Å². The Morgan fingerprint density at radius 3 is 2.71 bits per heavy atom. The molecule has 0 spiro atoms. The van der Waals surface area contributed by atoms with Crippen molar-refractivity contribution in [1.82, 2.24) is 0 Å². The zero-order valence-electron chi connectivity index (χ0n) is 14.3. The van der Waals surface area contributed by atoms with Gasteiger partial charge >= 0.3 is 0 Å². The van der Waals surface area contributed by atoms with Gasteiger partial charge in [0.05, 0.1) is 23.9 Å².